The van der Waals surface area contributed by atoms with Crippen molar-refractivity contribution in [1.29, 1.82) is 0 Å². The number of aliphatic imine (C=N–C) groups is 1. The lowest BCUT2D eigenvalue weighted by Gasteiger charge is -2.02. The van der Waals surface area contributed by atoms with E-state index in [1.165, 1.54) is 12.1 Å². The molecule has 1 heterocycles. The van der Waals surface area contributed by atoms with Gasteiger partial charge in [-0.05, 0) is 30.7 Å². The Hall–Kier alpha value is -1.71. The van der Waals surface area contributed by atoms with Crippen LogP contribution in [0.4, 0.5) is 4.39 Å². The average molecular weight is 192 g/mol. The van der Waals surface area contributed by atoms with Gasteiger partial charge in [0.1, 0.15) is 18.2 Å². The van der Waals surface area contributed by atoms with Gasteiger partial charge in [-0.15, -0.1) is 0 Å². The fourth-order valence-electron chi connectivity index (χ4n) is 1.40. The van der Waals surface area contributed by atoms with Gasteiger partial charge in [0.05, 0.1) is 0 Å². The van der Waals surface area contributed by atoms with Crippen LogP contribution >= 0.6 is 0 Å². The molecule has 14 heavy (non-hydrogen) atoms. The van der Waals surface area contributed by atoms with Crippen LogP contribution in [0, 0.1) is 12.7 Å². The molecule has 72 valence electrons. The Morgan fingerprint density at radius 1 is 1.43 bits per heavy atom. The summed E-state index contributed by atoms with van der Waals surface area (Å²) in [6.07, 6.45) is 0. The van der Waals surface area contributed by atoms with E-state index in [1.807, 2.05) is 0 Å². The molecule has 0 aliphatic carbocycles. The van der Waals surface area contributed by atoms with Gasteiger partial charge >= 0.3 is 0 Å². The molecule has 3 nitrogen and oxygen atoms in total. The van der Waals surface area contributed by atoms with E-state index in [0.717, 1.165) is 5.56 Å². The number of hydrogen-bond donors (Lipinski definition) is 1. The summed E-state index contributed by atoms with van der Waals surface area (Å²) in [5.41, 5.74) is 1.43. The largest absolute Gasteiger partial charge is 0.309 e. The number of rotatable bonds is 1. The topological polar surface area (TPSA) is 41.5 Å². The van der Waals surface area contributed by atoms with Gasteiger partial charge < -0.3 is 5.32 Å². The van der Waals surface area contributed by atoms with Crippen LogP contribution in [0.25, 0.3) is 0 Å². The maximum absolute atomic E-state index is 13.0. The fourth-order valence-corrected chi connectivity index (χ4v) is 1.40. The molecule has 1 N–H and O–H groups in total. The number of nitrogens with zero attached hydrogens (tertiary/aromatic N) is 1. The van der Waals surface area contributed by atoms with E-state index in [2.05, 4.69) is 10.3 Å². The first-order valence-corrected chi connectivity index (χ1v) is 4.27. The van der Waals surface area contributed by atoms with Crippen molar-refractivity contribution < 1.29 is 9.18 Å². The molecule has 1 aliphatic rings. The van der Waals surface area contributed by atoms with Gasteiger partial charge in [0.15, 0.2) is 0 Å². The Morgan fingerprint density at radius 2 is 2.21 bits per heavy atom. The molecule has 1 aliphatic heterocycles. The maximum Gasteiger partial charge on any atom is 0.247 e. The van der Waals surface area contributed by atoms with E-state index >= 15 is 0 Å². The molecule has 1 aromatic rings. The van der Waals surface area contributed by atoms with Crippen molar-refractivity contribution in [2.75, 3.05) is 6.54 Å². The van der Waals surface area contributed by atoms with Crippen molar-refractivity contribution in [3.8, 4) is 0 Å². The van der Waals surface area contributed by atoms with Crippen LogP contribution in [-0.2, 0) is 4.79 Å². The summed E-state index contributed by atoms with van der Waals surface area (Å²) in [7, 11) is 0. The Bertz CT molecular complexity index is 406. The van der Waals surface area contributed by atoms with Gasteiger partial charge in [-0.1, -0.05) is 0 Å². The Morgan fingerprint density at radius 3 is 2.79 bits per heavy atom. The number of carbonyl (C=O) groups is 1. The van der Waals surface area contributed by atoms with E-state index in [-0.39, 0.29) is 18.3 Å². The second-order valence-corrected chi connectivity index (χ2v) is 3.23. The molecule has 0 bridgehead atoms. The van der Waals surface area contributed by atoms with Crippen molar-refractivity contribution >= 4 is 11.7 Å². The van der Waals surface area contributed by atoms with Gasteiger partial charge in [-0.25, -0.2) is 4.39 Å². The first-order valence-electron chi connectivity index (χ1n) is 4.27. The summed E-state index contributed by atoms with van der Waals surface area (Å²) in [5.74, 6) is -0.0108. The number of halogens is 1. The third kappa shape index (κ3) is 1.64. The van der Waals surface area contributed by atoms with Gasteiger partial charge in [-0.2, -0.15) is 0 Å². The summed E-state index contributed by atoms with van der Waals surface area (Å²) in [6.45, 7) is 1.93. The highest BCUT2D eigenvalue weighted by Crippen LogP contribution is 2.10. The highest BCUT2D eigenvalue weighted by atomic mass is 19.1. The van der Waals surface area contributed by atoms with Crippen molar-refractivity contribution in [2.24, 2.45) is 4.99 Å². The van der Waals surface area contributed by atoms with E-state index in [1.54, 1.807) is 13.0 Å². The van der Waals surface area contributed by atoms with Gasteiger partial charge in [0, 0.05) is 5.56 Å². The highest BCUT2D eigenvalue weighted by Gasteiger charge is 2.15. The molecule has 2 rings (SSSR count). The zero-order chi connectivity index (χ0) is 10.1. The molecular formula is C10H9FN2O. The molecule has 0 saturated heterocycles. The molecule has 1 amide bonds. The minimum absolute atomic E-state index is 0.130. The van der Waals surface area contributed by atoms with Crippen LogP contribution in [-0.4, -0.2) is 18.3 Å². The number of hydrogen-bond acceptors (Lipinski definition) is 2. The summed E-state index contributed by atoms with van der Waals surface area (Å²) in [4.78, 5) is 14.8. The maximum atomic E-state index is 13.0. The molecule has 0 unspecified atom stereocenters. The van der Waals surface area contributed by atoms with Crippen LogP contribution in [0.15, 0.2) is 23.2 Å². The Balaban J connectivity index is 2.37. The fraction of sp³-hybridized carbons (Fsp3) is 0.200. The van der Waals surface area contributed by atoms with Crippen LogP contribution in [0.2, 0.25) is 0 Å². The number of amidine groups is 1. The standard InChI is InChI=1S/C10H9FN2O/c1-6-2-7(4-8(11)3-6)10-12-5-9(14)13-10/h2-4H,5H2,1H3,(H,12,13,14). The third-order valence-electron chi connectivity index (χ3n) is 1.95. The molecule has 0 atom stereocenters. The molecule has 1 aromatic carbocycles. The molecule has 0 spiro atoms. The SMILES string of the molecule is Cc1cc(F)cc(C2=NCC(=O)N2)c1. The minimum Gasteiger partial charge on any atom is -0.309 e. The number of carbonyl (C=O) groups excluding carboxylic acids is 1. The molecule has 0 saturated carbocycles. The molecule has 0 aromatic heterocycles. The summed E-state index contributed by atoms with van der Waals surface area (Å²) in [5, 5.41) is 2.57. The Labute approximate surface area is 80.7 Å². The molecule has 0 radical (unpaired) electrons. The third-order valence-corrected chi connectivity index (χ3v) is 1.95. The summed E-state index contributed by atoms with van der Waals surface area (Å²) < 4.78 is 13.0. The quantitative estimate of drug-likeness (QED) is 0.708. The van der Waals surface area contributed by atoms with Crippen LogP contribution < -0.4 is 5.32 Å². The minimum atomic E-state index is -0.316. The first-order chi connectivity index (χ1) is 6.65. The van der Waals surface area contributed by atoms with Crippen LogP contribution in [0.3, 0.4) is 0 Å². The second-order valence-electron chi connectivity index (χ2n) is 3.23. The van der Waals surface area contributed by atoms with Crippen molar-refractivity contribution in [3.63, 3.8) is 0 Å². The molecular weight excluding hydrogens is 183 g/mol. The van der Waals surface area contributed by atoms with E-state index in [0.29, 0.717) is 11.4 Å². The first kappa shape index (κ1) is 8.87. The highest BCUT2D eigenvalue weighted by molar-refractivity contribution is 6.12. The molecule has 4 heteroatoms. The lowest BCUT2D eigenvalue weighted by molar-refractivity contribution is -0.117. The van der Waals surface area contributed by atoms with E-state index < -0.39 is 0 Å². The summed E-state index contributed by atoms with van der Waals surface area (Å²) in [6, 6.07) is 4.58. The van der Waals surface area contributed by atoms with Gasteiger partial charge in [-0.3, -0.25) is 9.79 Å². The lowest BCUT2D eigenvalue weighted by atomic mass is 10.1. The predicted molar refractivity (Wildman–Crippen MR) is 50.7 cm³/mol. The lowest BCUT2D eigenvalue weighted by Crippen LogP contribution is -2.25. The predicted octanol–water partition coefficient (Wildman–Crippen LogP) is 1.01. The van der Waals surface area contributed by atoms with Crippen molar-refractivity contribution in [1.82, 2.24) is 5.32 Å². The van der Waals surface area contributed by atoms with Crippen LogP contribution in [0.5, 0.6) is 0 Å². The Kier molecular flexibility index (Phi) is 2.04. The van der Waals surface area contributed by atoms with Gasteiger partial charge in [0.2, 0.25) is 5.91 Å². The summed E-state index contributed by atoms with van der Waals surface area (Å²) >= 11 is 0. The zero-order valence-electron chi connectivity index (χ0n) is 7.67. The number of amides is 1. The van der Waals surface area contributed by atoms with Crippen LogP contribution in [0.1, 0.15) is 11.1 Å². The average Bonchev–Trinajstić information content (AvgIpc) is 2.50. The zero-order valence-corrected chi connectivity index (χ0v) is 7.67. The monoisotopic (exact) mass is 192 g/mol. The number of aryl methyl sites for hydroxylation is 1. The second kappa shape index (κ2) is 3.21. The molecule has 0 fully saturated rings. The normalized spacial score (nSPS) is 15.3. The smallest absolute Gasteiger partial charge is 0.247 e. The number of benzene rings is 1. The van der Waals surface area contributed by atoms with E-state index in [4.69, 9.17) is 0 Å². The van der Waals surface area contributed by atoms with Crippen molar-refractivity contribution in [2.45, 2.75) is 6.92 Å². The van der Waals surface area contributed by atoms with E-state index in [9.17, 15) is 9.18 Å². The van der Waals surface area contributed by atoms with Crippen molar-refractivity contribution in [3.05, 3.63) is 35.1 Å². The number of nitrogens with one attached hydrogen (secondary N) is 1. The van der Waals surface area contributed by atoms with Gasteiger partial charge in [0.25, 0.3) is 0 Å².